The first kappa shape index (κ1) is 13.6. The standard InChI is InChI=1S/C15H21N3O/c1-4-19-15-8-6-5-7-13(15)14(16)10-12-9-11(2)17-18(12)3/h5-9,14H,4,10,16H2,1-3H3. The molecular weight excluding hydrogens is 238 g/mol. The van der Waals surface area contributed by atoms with Gasteiger partial charge in [0.25, 0.3) is 0 Å². The summed E-state index contributed by atoms with van der Waals surface area (Å²) in [5.41, 5.74) is 9.51. The maximum atomic E-state index is 6.32. The number of aryl methyl sites for hydroxylation is 2. The second-order valence-corrected chi connectivity index (χ2v) is 4.68. The van der Waals surface area contributed by atoms with Crippen molar-refractivity contribution in [2.24, 2.45) is 12.8 Å². The molecule has 0 aliphatic heterocycles. The quantitative estimate of drug-likeness (QED) is 0.897. The molecule has 2 aromatic rings. The van der Waals surface area contributed by atoms with Gasteiger partial charge in [-0.25, -0.2) is 0 Å². The molecule has 0 aliphatic carbocycles. The fourth-order valence-electron chi connectivity index (χ4n) is 2.26. The number of hydrogen-bond donors (Lipinski definition) is 1. The van der Waals surface area contributed by atoms with Gasteiger partial charge in [0.1, 0.15) is 5.75 Å². The molecule has 1 aromatic carbocycles. The molecule has 19 heavy (non-hydrogen) atoms. The fraction of sp³-hybridized carbons (Fsp3) is 0.400. The maximum absolute atomic E-state index is 6.32. The Kier molecular flexibility index (Phi) is 4.22. The van der Waals surface area contributed by atoms with E-state index in [-0.39, 0.29) is 6.04 Å². The van der Waals surface area contributed by atoms with Crippen LogP contribution < -0.4 is 10.5 Å². The third-order valence-electron chi connectivity index (χ3n) is 3.15. The third kappa shape index (κ3) is 3.15. The van der Waals surface area contributed by atoms with Crippen LogP contribution in [-0.2, 0) is 13.5 Å². The Labute approximate surface area is 114 Å². The summed E-state index contributed by atoms with van der Waals surface area (Å²) in [7, 11) is 1.95. The third-order valence-corrected chi connectivity index (χ3v) is 3.15. The van der Waals surface area contributed by atoms with Crippen molar-refractivity contribution >= 4 is 0 Å². The van der Waals surface area contributed by atoms with Crippen molar-refractivity contribution in [3.05, 3.63) is 47.3 Å². The van der Waals surface area contributed by atoms with Gasteiger partial charge in [-0.05, 0) is 26.0 Å². The molecule has 0 radical (unpaired) electrons. The van der Waals surface area contributed by atoms with Gasteiger partial charge in [-0.1, -0.05) is 18.2 Å². The Morgan fingerprint density at radius 3 is 2.74 bits per heavy atom. The van der Waals surface area contributed by atoms with Crippen LogP contribution in [0, 0.1) is 6.92 Å². The summed E-state index contributed by atoms with van der Waals surface area (Å²) >= 11 is 0. The van der Waals surface area contributed by atoms with E-state index in [4.69, 9.17) is 10.5 Å². The lowest BCUT2D eigenvalue weighted by atomic mass is 10.0. The Bertz CT molecular complexity index is 548. The zero-order chi connectivity index (χ0) is 13.8. The number of ether oxygens (including phenoxy) is 1. The minimum absolute atomic E-state index is 0.0856. The predicted molar refractivity (Wildman–Crippen MR) is 76.2 cm³/mol. The molecule has 0 spiro atoms. The van der Waals surface area contributed by atoms with Crippen molar-refractivity contribution in [2.75, 3.05) is 6.61 Å². The summed E-state index contributed by atoms with van der Waals surface area (Å²) in [4.78, 5) is 0. The molecule has 0 fully saturated rings. The van der Waals surface area contributed by atoms with Gasteiger partial charge in [-0.2, -0.15) is 5.10 Å². The van der Waals surface area contributed by atoms with Gasteiger partial charge in [-0.15, -0.1) is 0 Å². The number of nitrogens with two attached hydrogens (primary N) is 1. The van der Waals surface area contributed by atoms with Gasteiger partial charge < -0.3 is 10.5 Å². The van der Waals surface area contributed by atoms with Crippen molar-refractivity contribution in [3.63, 3.8) is 0 Å². The van der Waals surface area contributed by atoms with Gasteiger partial charge in [0.15, 0.2) is 0 Å². The number of aromatic nitrogens is 2. The van der Waals surface area contributed by atoms with E-state index in [2.05, 4.69) is 11.2 Å². The number of hydrogen-bond acceptors (Lipinski definition) is 3. The average Bonchev–Trinajstić information content (AvgIpc) is 2.69. The van der Waals surface area contributed by atoms with Crippen molar-refractivity contribution in [1.82, 2.24) is 9.78 Å². The summed E-state index contributed by atoms with van der Waals surface area (Å²) in [6, 6.07) is 9.94. The number of para-hydroxylation sites is 1. The summed E-state index contributed by atoms with van der Waals surface area (Å²) < 4.78 is 7.52. The second-order valence-electron chi connectivity index (χ2n) is 4.68. The Morgan fingerprint density at radius 1 is 1.37 bits per heavy atom. The minimum Gasteiger partial charge on any atom is -0.494 e. The normalized spacial score (nSPS) is 12.4. The summed E-state index contributed by atoms with van der Waals surface area (Å²) in [6.45, 7) is 4.62. The van der Waals surface area contributed by atoms with Gasteiger partial charge in [0, 0.05) is 30.8 Å². The zero-order valence-electron chi connectivity index (χ0n) is 11.8. The molecule has 0 saturated carbocycles. The first-order valence-electron chi connectivity index (χ1n) is 6.58. The van der Waals surface area contributed by atoms with Crippen molar-refractivity contribution in [3.8, 4) is 5.75 Å². The second kappa shape index (κ2) is 5.89. The highest BCUT2D eigenvalue weighted by Crippen LogP contribution is 2.26. The number of benzene rings is 1. The number of nitrogens with zero attached hydrogens (tertiary/aromatic N) is 2. The lowest BCUT2D eigenvalue weighted by molar-refractivity contribution is 0.334. The van der Waals surface area contributed by atoms with Crippen LogP contribution in [0.2, 0.25) is 0 Å². The summed E-state index contributed by atoms with van der Waals surface area (Å²) in [5, 5.41) is 4.35. The van der Waals surface area contributed by atoms with E-state index in [1.54, 1.807) is 0 Å². The molecule has 0 amide bonds. The van der Waals surface area contributed by atoms with Gasteiger partial charge in [0.05, 0.1) is 12.3 Å². The van der Waals surface area contributed by atoms with E-state index in [9.17, 15) is 0 Å². The van der Waals surface area contributed by atoms with Crippen LogP contribution in [0.4, 0.5) is 0 Å². The van der Waals surface area contributed by atoms with E-state index in [1.807, 2.05) is 49.8 Å². The topological polar surface area (TPSA) is 53.1 Å². The predicted octanol–water partition coefficient (Wildman–Crippen LogP) is 2.37. The molecule has 0 bridgehead atoms. The lowest BCUT2D eigenvalue weighted by Gasteiger charge is -2.16. The van der Waals surface area contributed by atoms with E-state index in [1.165, 1.54) is 0 Å². The molecule has 1 aromatic heterocycles. The molecule has 2 N–H and O–H groups in total. The van der Waals surface area contributed by atoms with Crippen LogP contribution >= 0.6 is 0 Å². The van der Waals surface area contributed by atoms with Crippen LogP contribution in [0.15, 0.2) is 30.3 Å². The SMILES string of the molecule is CCOc1ccccc1C(N)Cc1cc(C)nn1C. The molecule has 0 saturated heterocycles. The van der Waals surface area contributed by atoms with Crippen LogP contribution in [0.3, 0.4) is 0 Å². The molecule has 4 heteroatoms. The average molecular weight is 259 g/mol. The van der Waals surface area contributed by atoms with Crippen molar-refractivity contribution < 1.29 is 4.74 Å². The first-order chi connectivity index (χ1) is 9.11. The zero-order valence-corrected chi connectivity index (χ0v) is 11.8. The van der Waals surface area contributed by atoms with Crippen LogP contribution in [0.5, 0.6) is 5.75 Å². The smallest absolute Gasteiger partial charge is 0.124 e. The van der Waals surface area contributed by atoms with E-state index in [0.717, 1.165) is 29.1 Å². The molecule has 1 atom stereocenters. The Hall–Kier alpha value is -1.81. The highest BCUT2D eigenvalue weighted by molar-refractivity contribution is 5.36. The molecular formula is C15H21N3O. The monoisotopic (exact) mass is 259 g/mol. The largest absolute Gasteiger partial charge is 0.494 e. The number of rotatable bonds is 5. The molecule has 1 heterocycles. The molecule has 0 aliphatic rings. The van der Waals surface area contributed by atoms with Crippen LogP contribution in [0.25, 0.3) is 0 Å². The van der Waals surface area contributed by atoms with E-state index >= 15 is 0 Å². The Balaban J connectivity index is 2.20. The molecule has 2 rings (SSSR count). The molecule has 1 unspecified atom stereocenters. The van der Waals surface area contributed by atoms with Crippen molar-refractivity contribution in [2.45, 2.75) is 26.3 Å². The lowest BCUT2D eigenvalue weighted by Crippen LogP contribution is -2.16. The van der Waals surface area contributed by atoms with Crippen LogP contribution in [-0.4, -0.2) is 16.4 Å². The highest BCUT2D eigenvalue weighted by atomic mass is 16.5. The molecule has 102 valence electrons. The van der Waals surface area contributed by atoms with Crippen molar-refractivity contribution in [1.29, 1.82) is 0 Å². The summed E-state index contributed by atoms with van der Waals surface area (Å²) in [5.74, 6) is 0.872. The van der Waals surface area contributed by atoms with E-state index in [0.29, 0.717) is 6.61 Å². The fourth-order valence-corrected chi connectivity index (χ4v) is 2.26. The summed E-state index contributed by atoms with van der Waals surface area (Å²) in [6.07, 6.45) is 0.751. The van der Waals surface area contributed by atoms with Gasteiger partial charge >= 0.3 is 0 Å². The highest BCUT2D eigenvalue weighted by Gasteiger charge is 2.14. The van der Waals surface area contributed by atoms with Crippen LogP contribution in [0.1, 0.15) is 29.9 Å². The Morgan fingerprint density at radius 2 is 2.11 bits per heavy atom. The van der Waals surface area contributed by atoms with Gasteiger partial charge in [0.2, 0.25) is 0 Å². The maximum Gasteiger partial charge on any atom is 0.124 e. The first-order valence-corrected chi connectivity index (χ1v) is 6.58. The van der Waals surface area contributed by atoms with Gasteiger partial charge in [-0.3, -0.25) is 4.68 Å². The van der Waals surface area contributed by atoms with E-state index < -0.39 is 0 Å². The molecule has 4 nitrogen and oxygen atoms in total. The minimum atomic E-state index is -0.0856.